The summed E-state index contributed by atoms with van der Waals surface area (Å²) >= 11 is 0. The lowest BCUT2D eigenvalue weighted by Gasteiger charge is -2.17. The number of carbonyl (C=O) groups excluding carboxylic acids is 1. The first-order chi connectivity index (χ1) is 7.76. The van der Waals surface area contributed by atoms with Gasteiger partial charge in [-0.2, -0.15) is 0 Å². The lowest BCUT2D eigenvalue weighted by atomic mass is 10.4. The summed E-state index contributed by atoms with van der Waals surface area (Å²) in [5.41, 5.74) is 4.96. The Morgan fingerprint density at radius 3 is 2.29 bits per heavy atom. The monoisotopic (exact) mass is 266 g/mol. The molecule has 0 spiro atoms. The van der Waals surface area contributed by atoms with Gasteiger partial charge >= 0.3 is 5.97 Å². The number of rotatable bonds is 9. The molecule has 0 rings (SSSR count). The molecule has 8 heteroatoms. The molecule has 100 valence electrons. The second-order valence-corrected chi connectivity index (χ2v) is 6.13. The van der Waals surface area contributed by atoms with Gasteiger partial charge in [0.15, 0.2) is 0 Å². The molecule has 0 unspecified atom stereocenters. The minimum absolute atomic E-state index is 0.0155. The second-order valence-electron chi connectivity index (χ2n) is 3.66. The summed E-state index contributed by atoms with van der Waals surface area (Å²) in [5.74, 6) is -1.67. The lowest BCUT2D eigenvalue weighted by molar-refractivity contribution is -0.138. The van der Waals surface area contributed by atoms with Crippen LogP contribution in [-0.4, -0.2) is 61.4 Å². The maximum Gasteiger partial charge on any atom is 0.317 e. The fraction of sp³-hybridized carbons (Fsp3) is 0.778. The summed E-state index contributed by atoms with van der Waals surface area (Å²) in [6.45, 7) is 1.26. The second kappa shape index (κ2) is 7.23. The van der Waals surface area contributed by atoms with Gasteiger partial charge in [-0.15, -0.1) is 0 Å². The number of amides is 1. The summed E-state index contributed by atoms with van der Waals surface area (Å²) in [7, 11) is -3.06. The molecule has 0 aliphatic carbocycles. The van der Waals surface area contributed by atoms with Crippen LogP contribution in [0.4, 0.5) is 0 Å². The lowest BCUT2D eigenvalue weighted by Crippen LogP contribution is -2.38. The molecule has 0 saturated carbocycles. The Morgan fingerprint density at radius 2 is 1.88 bits per heavy atom. The van der Waals surface area contributed by atoms with E-state index in [1.807, 2.05) is 0 Å². The molecule has 3 N–H and O–H groups in total. The van der Waals surface area contributed by atoms with Crippen LogP contribution in [0, 0.1) is 0 Å². The third kappa shape index (κ3) is 8.64. The van der Waals surface area contributed by atoms with Crippen molar-refractivity contribution in [2.45, 2.75) is 13.3 Å². The van der Waals surface area contributed by atoms with Crippen molar-refractivity contribution in [3.05, 3.63) is 0 Å². The van der Waals surface area contributed by atoms with E-state index in [4.69, 9.17) is 10.8 Å². The molecule has 0 aromatic heterocycles. The fourth-order valence-electron chi connectivity index (χ4n) is 1.28. The van der Waals surface area contributed by atoms with Crippen LogP contribution in [0.15, 0.2) is 0 Å². The van der Waals surface area contributed by atoms with Crippen molar-refractivity contribution < 1.29 is 23.1 Å². The van der Waals surface area contributed by atoms with Gasteiger partial charge in [-0.25, -0.2) is 8.42 Å². The first-order valence-corrected chi connectivity index (χ1v) is 7.02. The molecule has 1 amide bonds. The molecule has 0 aliphatic rings. The summed E-state index contributed by atoms with van der Waals surface area (Å²) in [6.07, 6.45) is 0.288. The maximum atomic E-state index is 11.2. The third-order valence-corrected chi connectivity index (χ3v) is 3.90. The number of nitrogens with two attached hydrogens (primary N) is 1. The molecule has 0 aliphatic heterocycles. The highest BCUT2D eigenvalue weighted by Gasteiger charge is 2.14. The van der Waals surface area contributed by atoms with Crippen molar-refractivity contribution in [1.82, 2.24) is 4.90 Å². The average molecular weight is 266 g/mol. The number of hydrogen-bond acceptors (Lipinski definition) is 5. The first kappa shape index (κ1) is 15.9. The van der Waals surface area contributed by atoms with Gasteiger partial charge in [-0.3, -0.25) is 14.5 Å². The Balaban J connectivity index is 4.16. The molecule has 0 fully saturated rings. The Labute approximate surface area is 101 Å². The number of carbonyl (C=O) groups is 2. The van der Waals surface area contributed by atoms with Crippen LogP contribution in [-0.2, 0) is 19.4 Å². The van der Waals surface area contributed by atoms with Gasteiger partial charge in [0, 0.05) is 12.3 Å². The number of sulfone groups is 1. The highest BCUT2D eigenvalue weighted by Crippen LogP contribution is 1.97. The predicted molar refractivity (Wildman–Crippen MR) is 62.2 cm³/mol. The molecule has 17 heavy (non-hydrogen) atoms. The summed E-state index contributed by atoms with van der Waals surface area (Å²) in [5, 5.41) is 8.59. The van der Waals surface area contributed by atoms with E-state index in [9.17, 15) is 18.0 Å². The zero-order valence-corrected chi connectivity index (χ0v) is 10.6. The van der Waals surface area contributed by atoms with Crippen LogP contribution >= 0.6 is 0 Å². The average Bonchev–Trinajstić information content (AvgIpc) is 2.15. The standard InChI is InChI=1S/C9H18N2O5S/c1-2-17(15,16)5-3-4-11(6-8(10)12)7-9(13)14/h2-7H2,1H3,(H2,10,12)(H,13,14). The van der Waals surface area contributed by atoms with E-state index < -0.39 is 21.7 Å². The quantitative estimate of drug-likeness (QED) is 0.534. The van der Waals surface area contributed by atoms with E-state index >= 15 is 0 Å². The molecular weight excluding hydrogens is 248 g/mol. The van der Waals surface area contributed by atoms with Crippen LogP contribution in [0.2, 0.25) is 0 Å². The summed E-state index contributed by atoms with van der Waals surface area (Å²) in [4.78, 5) is 22.5. The topological polar surface area (TPSA) is 118 Å². The van der Waals surface area contributed by atoms with Crippen molar-refractivity contribution >= 4 is 21.7 Å². The van der Waals surface area contributed by atoms with Gasteiger partial charge in [0.1, 0.15) is 9.84 Å². The Hall–Kier alpha value is -1.15. The highest BCUT2D eigenvalue weighted by molar-refractivity contribution is 7.91. The maximum absolute atomic E-state index is 11.2. The van der Waals surface area contributed by atoms with Crippen LogP contribution in [0.5, 0.6) is 0 Å². The van der Waals surface area contributed by atoms with E-state index in [0.29, 0.717) is 0 Å². The molecular formula is C9H18N2O5S. The fourth-order valence-corrected chi connectivity index (χ4v) is 2.14. The molecule has 0 saturated heterocycles. The van der Waals surface area contributed by atoms with E-state index in [1.165, 1.54) is 4.90 Å². The zero-order chi connectivity index (χ0) is 13.5. The third-order valence-electron chi connectivity index (χ3n) is 2.11. The smallest absolute Gasteiger partial charge is 0.317 e. The van der Waals surface area contributed by atoms with Gasteiger partial charge in [0.25, 0.3) is 0 Å². The summed E-state index contributed by atoms with van der Waals surface area (Å²) in [6, 6.07) is 0. The van der Waals surface area contributed by atoms with Crippen molar-refractivity contribution in [3.63, 3.8) is 0 Å². The van der Waals surface area contributed by atoms with Crippen molar-refractivity contribution in [3.8, 4) is 0 Å². The first-order valence-electron chi connectivity index (χ1n) is 5.19. The van der Waals surface area contributed by atoms with Crippen LogP contribution in [0.3, 0.4) is 0 Å². The molecule has 0 aromatic rings. The Morgan fingerprint density at radius 1 is 1.29 bits per heavy atom. The molecule has 0 heterocycles. The Kier molecular flexibility index (Phi) is 6.74. The summed E-state index contributed by atoms with van der Waals surface area (Å²) < 4.78 is 22.4. The zero-order valence-electron chi connectivity index (χ0n) is 9.76. The van der Waals surface area contributed by atoms with Crippen molar-refractivity contribution in [1.29, 1.82) is 0 Å². The number of carboxylic acids is 1. The van der Waals surface area contributed by atoms with Gasteiger partial charge in [0.2, 0.25) is 5.91 Å². The van der Waals surface area contributed by atoms with Crippen molar-refractivity contribution in [2.24, 2.45) is 5.73 Å². The normalized spacial score (nSPS) is 11.6. The van der Waals surface area contributed by atoms with Crippen molar-refractivity contribution in [2.75, 3.05) is 31.1 Å². The van der Waals surface area contributed by atoms with Gasteiger partial charge in [-0.1, -0.05) is 6.92 Å². The van der Waals surface area contributed by atoms with Gasteiger partial charge in [0.05, 0.1) is 18.8 Å². The van der Waals surface area contributed by atoms with Crippen LogP contribution in [0.1, 0.15) is 13.3 Å². The molecule has 0 atom stereocenters. The van der Waals surface area contributed by atoms with Gasteiger partial charge < -0.3 is 10.8 Å². The van der Waals surface area contributed by atoms with Gasteiger partial charge in [-0.05, 0) is 6.42 Å². The number of nitrogens with zero attached hydrogens (tertiary/aromatic N) is 1. The molecule has 0 aromatic carbocycles. The number of aliphatic carboxylic acids is 1. The number of carboxylic acid groups (broad SMARTS) is 1. The minimum Gasteiger partial charge on any atom is -0.480 e. The SMILES string of the molecule is CCS(=O)(=O)CCCN(CC(N)=O)CC(=O)O. The van der Waals surface area contributed by atoms with E-state index in [1.54, 1.807) is 6.92 Å². The predicted octanol–water partition coefficient (Wildman–Crippen LogP) is -1.32. The molecule has 0 bridgehead atoms. The Bertz CT molecular complexity index is 350. The van der Waals surface area contributed by atoms with Crippen LogP contribution < -0.4 is 5.73 Å². The number of hydrogen-bond donors (Lipinski definition) is 2. The van der Waals surface area contributed by atoms with Crippen LogP contribution in [0.25, 0.3) is 0 Å². The van der Waals surface area contributed by atoms with E-state index in [0.717, 1.165) is 0 Å². The van der Waals surface area contributed by atoms with E-state index in [-0.39, 0.29) is 37.6 Å². The molecule has 7 nitrogen and oxygen atoms in total. The number of primary amides is 1. The highest BCUT2D eigenvalue weighted by atomic mass is 32.2. The minimum atomic E-state index is -3.06. The largest absolute Gasteiger partial charge is 0.480 e. The molecule has 0 radical (unpaired) electrons. The van der Waals surface area contributed by atoms with E-state index in [2.05, 4.69) is 0 Å².